The standard InChI is InChI=1S/C16H23BrN4/c1-11(2)21-16(14(17)10-19-21)15(20-18)8-7-13-6-4-5-12(3)9-13/h4-6,9-11,15,20H,7-8,18H2,1-3H3. The van der Waals surface area contributed by atoms with Gasteiger partial charge in [-0.3, -0.25) is 16.0 Å². The maximum absolute atomic E-state index is 5.78. The zero-order valence-electron chi connectivity index (χ0n) is 12.8. The summed E-state index contributed by atoms with van der Waals surface area (Å²) in [6.07, 6.45) is 3.75. The van der Waals surface area contributed by atoms with E-state index in [0.29, 0.717) is 6.04 Å². The topological polar surface area (TPSA) is 55.9 Å². The molecule has 1 atom stereocenters. The van der Waals surface area contributed by atoms with Crippen molar-refractivity contribution in [2.45, 2.75) is 45.7 Å². The average molecular weight is 351 g/mol. The number of halogens is 1. The minimum atomic E-state index is 0.0739. The molecule has 0 spiro atoms. The van der Waals surface area contributed by atoms with Gasteiger partial charge in [-0.1, -0.05) is 29.8 Å². The van der Waals surface area contributed by atoms with Crippen LogP contribution in [0.5, 0.6) is 0 Å². The number of hydrazine groups is 1. The molecule has 1 aromatic heterocycles. The Morgan fingerprint density at radius 3 is 2.76 bits per heavy atom. The molecule has 0 aliphatic carbocycles. The van der Waals surface area contributed by atoms with E-state index in [2.05, 4.69) is 71.5 Å². The molecule has 2 aromatic rings. The van der Waals surface area contributed by atoms with Crippen molar-refractivity contribution in [3.05, 3.63) is 51.8 Å². The quantitative estimate of drug-likeness (QED) is 0.617. The Kier molecular flexibility index (Phi) is 5.56. The Labute approximate surface area is 134 Å². The fourth-order valence-electron chi connectivity index (χ4n) is 2.57. The van der Waals surface area contributed by atoms with Crippen molar-refractivity contribution in [3.8, 4) is 0 Å². The van der Waals surface area contributed by atoms with E-state index in [-0.39, 0.29) is 6.04 Å². The number of hydrogen-bond donors (Lipinski definition) is 2. The molecule has 21 heavy (non-hydrogen) atoms. The Bertz CT molecular complexity index is 592. The van der Waals surface area contributed by atoms with Gasteiger partial charge in [0.05, 0.1) is 22.4 Å². The molecule has 0 fully saturated rings. The molecule has 5 heteroatoms. The molecule has 0 amide bonds. The first-order valence-corrected chi connectivity index (χ1v) is 8.06. The van der Waals surface area contributed by atoms with E-state index in [0.717, 1.165) is 23.0 Å². The van der Waals surface area contributed by atoms with Gasteiger partial charge in [0.2, 0.25) is 0 Å². The van der Waals surface area contributed by atoms with E-state index < -0.39 is 0 Å². The van der Waals surface area contributed by atoms with Crippen LogP contribution in [0.2, 0.25) is 0 Å². The van der Waals surface area contributed by atoms with Crippen LogP contribution < -0.4 is 11.3 Å². The minimum absolute atomic E-state index is 0.0739. The van der Waals surface area contributed by atoms with E-state index in [1.807, 2.05) is 10.9 Å². The van der Waals surface area contributed by atoms with Crippen LogP contribution in [0.4, 0.5) is 0 Å². The van der Waals surface area contributed by atoms with Gasteiger partial charge in [-0.05, 0) is 55.1 Å². The highest BCUT2D eigenvalue weighted by molar-refractivity contribution is 9.10. The summed E-state index contributed by atoms with van der Waals surface area (Å²) in [4.78, 5) is 0. The predicted molar refractivity (Wildman–Crippen MR) is 89.9 cm³/mol. The Hall–Kier alpha value is -1.17. The fraction of sp³-hybridized carbons (Fsp3) is 0.438. The average Bonchev–Trinajstić information content (AvgIpc) is 2.82. The van der Waals surface area contributed by atoms with Crippen molar-refractivity contribution in [2.24, 2.45) is 5.84 Å². The van der Waals surface area contributed by atoms with E-state index in [9.17, 15) is 0 Å². The molecule has 114 valence electrons. The van der Waals surface area contributed by atoms with Crippen molar-refractivity contribution in [1.29, 1.82) is 0 Å². The third-order valence-corrected chi connectivity index (χ3v) is 4.22. The monoisotopic (exact) mass is 350 g/mol. The van der Waals surface area contributed by atoms with Gasteiger partial charge in [-0.15, -0.1) is 0 Å². The largest absolute Gasteiger partial charge is 0.271 e. The molecule has 2 rings (SSSR count). The molecule has 0 aliphatic rings. The number of rotatable bonds is 6. The van der Waals surface area contributed by atoms with Gasteiger partial charge in [-0.25, -0.2) is 0 Å². The molecular weight excluding hydrogens is 328 g/mol. The summed E-state index contributed by atoms with van der Waals surface area (Å²) in [5.74, 6) is 5.78. The van der Waals surface area contributed by atoms with Crippen molar-refractivity contribution < 1.29 is 0 Å². The van der Waals surface area contributed by atoms with Crippen LogP contribution in [-0.2, 0) is 6.42 Å². The Morgan fingerprint density at radius 2 is 2.14 bits per heavy atom. The minimum Gasteiger partial charge on any atom is -0.271 e. The van der Waals surface area contributed by atoms with Crippen LogP contribution in [0.1, 0.15) is 49.2 Å². The Balaban J connectivity index is 2.15. The second-order valence-corrected chi connectivity index (χ2v) is 6.52. The lowest BCUT2D eigenvalue weighted by atomic mass is 10.0. The van der Waals surface area contributed by atoms with Crippen molar-refractivity contribution in [2.75, 3.05) is 0 Å². The summed E-state index contributed by atoms with van der Waals surface area (Å²) in [7, 11) is 0. The van der Waals surface area contributed by atoms with Crippen LogP contribution in [-0.4, -0.2) is 9.78 Å². The van der Waals surface area contributed by atoms with Gasteiger partial charge in [0.15, 0.2) is 0 Å². The van der Waals surface area contributed by atoms with E-state index in [1.165, 1.54) is 11.1 Å². The first-order valence-electron chi connectivity index (χ1n) is 7.27. The summed E-state index contributed by atoms with van der Waals surface area (Å²) < 4.78 is 3.02. The smallest absolute Gasteiger partial charge is 0.0712 e. The molecule has 4 nitrogen and oxygen atoms in total. The predicted octanol–water partition coefficient (Wildman–Crippen LogP) is 3.67. The van der Waals surface area contributed by atoms with Crippen molar-refractivity contribution in [1.82, 2.24) is 15.2 Å². The maximum Gasteiger partial charge on any atom is 0.0712 e. The van der Waals surface area contributed by atoms with Crippen LogP contribution in [0.15, 0.2) is 34.9 Å². The molecule has 0 saturated heterocycles. The zero-order valence-corrected chi connectivity index (χ0v) is 14.4. The first kappa shape index (κ1) is 16.2. The third kappa shape index (κ3) is 3.93. The molecule has 0 aliphatic heterocycles. The van der Waals surface area contributed by atoms with Gasteiger partial charge >= 0.3 is 0 Å². The molecule has 0 saturated carbocycles. The molecule has 0 bridgehead atoms. The van der Waals surface area contributed by atoms with Crippen LogP contribution in [0, 0.1) is 6.92 Å². The molecule has 0 radical (unpaired) electrons. The van der Waals surface area contributed by atoms with Gasteiger partial charge in [-0.2, -0.15) is 5.10 Å². The second-order valence-electron chi connectivity index (χ2n) is 5.66. The van der Waals surface area contributed by atoms with Crippen LogP contribution in [0.3, 0.4) is 0 Å². The Morgan fingerprint density at radius 1 is 1.38 bits per heavy atom. The summed E-state index contributed by atoms with van der Waals surface area (Å²) in [5, 5.41) is 4.43. The summed E-state index contributed by atoms with van der Waals surface area (Å²) >= 11 is 3.59. The van der Waals surface area contributed by atoms with E-state index in [1.54, 1.807) is 0 Å². The molecule has 3 N–H and O–H groups in total. The third-order valence-electron chi connectivity index (χ3n) is 3.61. The van der Waals surface area contributed by atoms with E-state index >= 15 is 0 Å². The maximum atomic E-state index is 5.78. The highest BCUT2D eigenvalue weighted by Gasteiger charge is 2.20. The van der Waals surface area contributed by atoms with Gasteiger partial charge < -0.3 is 0 Å². The van der Waals surface area contributed by atoms with Crippen LogP contribution in [0.25, 0.3) is 0 Å². The van der Waals surface area contributed by atoms with Crippen LogP contribution >= 0.6 is 15.9 Å². The fourth-order valence-corrected chi connectivity index (χ4v) is 3.12. The summed E-state index contributed by atoms with van der Waals surface area (Å²) in [6.45, 7) is 6.36. The molecule has 1 heterocycles. The lowest BCUT2D eigenvalue weighted by molar-refractivity contribution is 0.432. The molecular formula is C16H23BrN4. The normalized spacial score (nSPS) is 12.9. The summed E-state index contributed by atoms with van der Waals surface area (Å²) in [6, 6.07) is 8.99. The zero-order chi connectivity index (χ0) is 15.4. The number of benzene rings is 1. The molecule has 1 aromatic carbocycles. The summed E-state index contributed by atoms with van der Waals surface area (Å²) in [5.41, 5.74) is 6.67. The second kappa shape index (κ2) is 7.20. The number of aryl methyl sites for hydroxylation is 2. The highest BCUT2D eigenvalue weighted by atomic mass is 79.9. The highest BCUT2D eigenvalue weighted by Crippen LogP contribution is 2.28. The van der Waals surface area contributed by atoms with Gasteiger partial charge in [0.1, 0.15) is 0 Å². The first-order chi connectivity index (χ1) is 10.0. The number of nitrogens with zero attached hydrogens (tertiary/aromatic N) is 2. The van der Waals surface area contributed by atoms with Gasteiger partial charge in [0, 0.05) is 6.04 Å². The lowest BCUT2D eigenvalue weighted by Crippen LogP contribution is -2.31. The number of nitrogens with two attached hydrogens (primary N) is 1. The number of nitrogens with one attached hydrogen (secondary N) is 1. The van der Waals surface area contributed by atoms with Crippen molar-refractivity contribution in [3.63, 3.8) is 0 Å². The number of hydrogen-bond acceptors (Lipinski definition) is 3. The molecule has 1 unspecified atom stereocenters. The SMILES string of the molecule is Cc1cccc(CCC(NN)c2c(Br)cnn2C(C)C)c1. The van der Waals surface area contributed by atoms with Crippen molar-refractivity contribution >= 4 is 15.9 Å². The number of aromatic nitrogens is 2. The van der Waals surface area contributed by atoms with E-state index in [4.69, 9.17) is 5.84 Å². The lowest BCUT2D eigenvalue weighted by Gasteiger charge is -2.20. The van der Waals surface area contributed by atoms with Gasteiger partial charge in [0.25, 0.3) is 0 Å².